The van der Waals surface area contributed by atoms with E-state index in [0.29, 0.717) is 18.5 Å². The molecule has 0 aromatic carbocycles. The van der Waals surface area contributed by atoms with E-state index in [9.17, 15) is 33.6 Å². The van der Waals surface area contributed by atoms with Crippen LogP contribution in [-0.2, 0) is 44.8 Å². The smallest absolute Gasteiger partial charge is 0.291 e. The van der Waals surface area contributed by atoms with Crippen LogP contribution >= 0.6 is 0 Å². The van der Waals surface area contributed by atoms with Gasteiger partial charge in [-0.2, -0.15) is 0 Å². The van der Waals surface area contributed by atoms with Gasteiger partial charge in [-0.25, -0.2) is 15.0 Å². The maximum Gasteiger partial charge on any atom is 0.291 e. The van der Waals surface area contributed by atoms with Crippen molar-refractivity contribution in [3.63, 3.8) is 0 Å². The molecule has 5 aromatic heterocycles. The Bertz CT molecular complexity index is 2460. The highest BCUT2D eigenvalue weighted by atomic mass is 16.2. The molecule has 7 amide bonds. The van der Waals surface area contributed by atoms with Crippen LogP contribution in [0.3, 0.4) is 0 Å². The molecular weight excluding hydrogens is 779 g/mol. The molecule has 0 bridgehead atoms. The number of aromatic nitrogens is 8. The number of hydrogen-bond acceptors (Lipinski definition) is 10. The third-order valence-corrected chi connectivity index (χ3v) is 9.97. The number of nitrogens with zero attached hydrogens (tertiary/aromatic N) is 8. The monoisotopic (exact) mass is 825 g/mol. The van der Waals surface area contributed by atoms with Crippen molar-refractivity contribution in [3.05, 3.63) is 78.2 Å². The number of hydrogen-bond donors (Lipinski definition) is 7. The van der Waals surface area contributed by atoms with Gasteiger partial charge in [-0.3, -0.25) is 33.6 Å². The zero-order valence-electron chi connectivity index (χ0n) is 34.0. The van der Waals surface area contributed by atoms with Crippen LogP contribution < -0.4 is 37.2 Å². The average Bonchev–Trinajstić information content (AvgIpc) is 4.07. The molecule has 7 N–H and O–H groups in total. The summed E-state index contributed by atoms with van der Waals surface area (Å²) >= 11 is 0. The molecule has 0 spiro atoms. The van der Waals surface area contributed by atoms with Crippen molar-refractivity contribution in [1.82, 2.24) is 53.7 Å². The van der Waals surface area contributed by atoms with Gasteiger partial charge in [0, 0.05) is 91.9 Å². The molecule has 1 atom stereocenters. The fraction of sp³-hybridized carbons (Fsp3) is 0.368. The van der Waals surface area contributed by atoms with Crippen molar-refractivity contribution in [2.75, 3.05) is 34.9 Å². The van der Waals surface area contributed by atoms with Gasteiger partial charge in [-0.1, -0.05) is 12.8 Å². The topological polar surface area (TPSA) is 267 Å². The molecule has 1 unspecified atom stereocenters. The van der Waals surface area contributed by atoms with E-state index in [1.165, 1.54) is 62.2 Å². The average molecular weight is 826 g/mol. The lowest BCUT2D eigenvalue weighted by Gasteiger charge is -2.20. The normalized spacial score (nSPS) is 13.0. The molecule has 0 radical (unpaired) electrons. The number of carbonyl (C=O) groups is 7. The van der Waals surface area contributed by atoms with Crippen LogP contribution in [0.2, 0.25) is 0 Å². The second-order valence-corrected chi connectivity index (χ2v) is 14.5. The SMILES string of the molecule is CNC(=O)c1nc(NC(=O)c2cc(NC(=O)C(CCNC(=O)c3nc(NC(=O)c4cc(NC(=O)c5nccn5C)cn4C)cn3C)NC(=O)C3CCCC3)cn2C)cn1C. The maximum atomic E-state index is 13.7. The van der Waals surface area contributed by atoms with Crippen LogP contribution in [0.4, 0.5) is 23.0 Å². The summed E-state index contributed by atoms with van der Waals surface area (Å²) in [6.45, 7) is -0.0306. The molecule has 5 heterocycles. The summed E-state index contributed by atoms with van der Waals surface area (Å²) in [7, 11) is 9.61. The molecule has 1 aliphatic carbocycles. The highest BCUT2D eigenvalue weighted by Crippen LogP contribution is 2.25. The van der Waals surface area contributed by atoms with Crippen LogP contribution in [0, 0.1) is 5.92 Å². The summed E-state index contributed by atoms with van der Waals surface area (Å²) in [5.41, 5.74) is 1.05. The van der Waals surface area contributed by atoms with E-state index >= 15 is 0 Å². The first-order valence-electron chi connectivity index (χ1n) is 19.0. The fourth-order valence-corrected chi connectivity index (χ4v) is 6.82. The number of aryl methyl sites for hydroxylation is 5. The van der Waals surface area contributed by atoms with Crippen molar-refractivity contribution >= 4 is 64.4 Å². The number of nitrogens with one attached hydrogen (secondary N) is 7. The predicted octanol–water partition coefficient (Wildman–Crippen LogP) is 1.11. The molecule has 22 heteroatoms. The minimum Gasteiger partial charge on any atom is -0.352 e. The van der Waals surface area contributed by atoms with Crippen LogP contribution in [-0.4, -0.2) is 98.8 Å². The predicted molar refractivity (Wildman–Crippen MR) is 217 cm³/mol. The molecule has 1 aliphatic rings. The summed E-state index contributed by atoms with van der Waals surface area (Å²) < 4.78 is 7.50. The molecule has 5 aromatic rings. The minimum atomic E-state index is -1.05. The van der Waals surface area contributed by atoms with Crippen LogP contribution in [0.1, 0.15) is 84.9 Å². The first-order chi connectivity index (χ1) is 28.6. The largest absolute Gasteiger partial charge is 0.352 e. The van der Waals surface area contributed by atoms with E-state index in [-0.39, 0.29) is 71.0 Å². The summed E-state index contributed by atoms with van der Waals surface area (Å²) in [4.78, 5) is 104. The standard InChI is InChI=1S/C38H47N15O7/c1-39-36(58)30-45-27(19-52(30)5)47-34(56)25-15-22(17-50(25)3)42-33(55)24(44-32(54)21-9-7-8-10-21)11-12-41-37(59)31-46-28(20-53(31)6)48-35(57)26-16-23(18-51(26)4)43-38(60)29-40-13-14-49(29)2/h13-21,24H,7-12H2,1-6H3,(H,39,58)(H,41,59)(H,42,55)(H,43,60)(H,44,54)(H,47,56)(H,48,57). The third kappa shape index (κ3) is 9.60. The first kappa shape index (κ1) is 42.1. The Hall–Kier alpha value is -7.52. The molecule has 60 heavy (non-hydrogen) atoms. The van der Waals surface area contributed by atoms with E-state index in [2.05, 4.69) is 52.2 Å². The summed E-state index contributed by atoms with van der Waals surface area (Å²) in [5, 5.41) is 18.9. The minimum absolute atomic E-state index is 0.0179. The highest BCUT2D eigenvalue weighted by Gasteiger charge is 2.29. The van der Waals surface area contributed by atoms with Gasteiger partial charge in [0.25, 0.3) is 29.5 Å². The molecule has 0 saturated heterocycles. The molecule has 0 aliphatic heterocycles. The second-order valence-electron chi connectivity index (χ2n) is 14.5. The first-order valence-corrected chi connectivity index (χ1v) is 19.0. The van der Waals surface area contributed by atoms with Crippen LogP contribution in [0.15, 0.2) is 49.3 Å². The van der Waals surface area contributed by atoms with Gasteiger partial charge in [0.15, 0.2) is 17.5 Å². The fourth-order valence-electron chi connectivity index (χ4n) is 6.82. The molecule has 1 saturated carbocycles. The van der Waals surface area contributed by atoms with Crippen molar-refractivity contribution in [3.8, 4) is 0 Å². The number of amides is 7. The Labute approximate surface area is 343 Å². The second kappa shape index (κ2) is 18.0. The van der Waals surface area contributed by atoms with E-state index in [1.54, 1.807) is 52.2 Å². The van der Waals surface area contributed by atoms with E-state index in [4.69, 9.17) is 0 Å². The highest BCUT2D eigenvalue weighted by molar-refractivity contribution is 6.07. The van der Waals surface area contributed by atoms with E-state index < -0.39 is 41.5 Å². The van der Waals surface area contributed by atoms with Crippen molar-refractivity contribution in [2.24, 2.45) is 41.2 Å². The van der Waals surface area contributed by atoms with Gasteiger partial charge in [-0.05, 0) is 31.4 Å². The Morgan fingerprint density at radius 2 is 1.20 bits per heavy atom. The van der Waals surface area contributed by atoms with E-state index in [1.807, 2.05) is 0 Å². The molecular formula is C38H47N15O7. The van der Waals surface area contributed by atoms with Gasteiger partial charge < -0.3 is 60.1 Å². The zero-order chi connectivity index (χ0) is 43.2. The van der Waals surface area contributed by atoms with Crippen molar-refractivity contribution in [1.29, 1.82) is 0 Å². The number of imidazole rings is 3. The molecule has 22 nitrogen and oxygen atoms in total. The number of rotatable bonds is 15. The lowest BCUT2D eigenvalue weighted by Crippen LogP contribution is -2.47. The molecule has 6 rings (SSSR count). The maximum absolute atomic E-state index is 13.7. The molecule has 316 valence electrons. The lowest BCUT2D eigenvalue weighted by atomic mass is 10.1. The zero-order valence-corrected chi connectivity index (χ0v) is 34.0. The number of anilines is 4. The Morgan fingerprint density at radius 1 is 0.650 bits per heavy atom. The van der Waals surface area contributed by atoms with Crippen molar-refractivity contribution < 1.29 is 33.6 Å². The van der Waals surface area contributed by atoms with Gasteiger partial charge in [0.05, 0.1) is 11.4 Å². The van der Waals surface area contributed by atoms with Gasteiger partial charge in [0.2, 0.25) is 23.5 Å². The Kier molecular flexibility index (Phi) is 12.6. The van der Waals surface area contributed by atoms with Gasteiger partial charge in [0.1, 0.15) is 17.4 Å². The summed E-state index contributed by atoms with van der Waals surface area (Å²) in [6, 6.07) is 1.91. The lowest BCUT2D eigenvalue weighted by molar-refractivity contribution is -0.129. The Morgan fingerprint density at radius 3 is 1.73 bits per heavy atom. The van der Waals surface area contributed by atoms with Crippen LogP contribution in [0.5, 0.6) is 0 Å². The Balaban J connectivity index is 1.06. The summed E-state index contributed by atoms with van der Waals surface area (Å²) in [5.74, 6) is -3.06. The third-order valence-electron chi connectivity index (χ3n) is 9.97. The molecule has 1 fully saturated rings. The van der Waals surface area contributed by atoms with Crippen molar-refractivity contribution in [2.45, 2.75) is 38.1 Å². The van der Waals surface area contributed by atoms with E-state index in [0.717, 1.165) is 12.8 Å². The van der Waals surface area contributed by atoms with Gasteiger partial charge >= 0.3 is 0 Å². The van der Waals surface area contributed by atoms with Crippen LogP contribution in [0.25, 0.3) is 0 Å². The summed E-state index contributed by atoms with van der Waals surface area (Å²) in [6.07, 6.45) is 12.5. The quantitative estimate of drug-likeness (QED) is 0.0791. The number of carbonyl (C=O) groups excluding carboxylic acids is 7. The van der Waals surface area contributed by atoms with Gasteiger partial charge in [-0.15, -0.1) is 0 Å².